The average molecular weight is 195 g/mol. The first-order chi connectivity index (χ1) is 6.63. The molecule has 0 amide bonds. The van der Waals surface area contributed by atoms with Gasteiger partial charge in [-0.1, -0.05) is 13.8 Å². The summed E-state index contributed by atoms with van der Waals surface area (Å²) in [6, 6.07) is 0.438. The van der Waals surface area contributed by atoms with Crippen molar-refractivity contribution in [2.24, 2.45) is 11.7 Å². The van der Waals surface area contributed by atoms with E-state index in [1.807, 2.05) is 6.92 Å². The standard InChI is InChI=1S/C10H17N3O/c1-7(2)6-14-10-12-5-9(4-11)8(3)13-10/h5,7H,4,6,11H2,1-3H3. The van der Waals surface area contributed by atoms with Gasteiger partial charge in [0.2, 0.25) is 0 Å². The Kier molecular flexibility index (Phi) is 3.83. The molecule has 0 unspecified atom stereocenters. The third-order valence-corrected chi connectivity index (χ3v) is 1.82. The molecule has 0 atom stereocenters. The Bertz CT molecular complexity index is 299. The van der Waals surface area contributed by atoms with Crippen LogP contribution >= 0.6 is 0 Å². The van der Waals surface area contributed by atoms with Crippen LogP contribution in [-0.4, -0.2) is 16.6 Å². The molecule has 0 saturated carbocycles. The van der Waals surface area contributed by atoms with Crippen LogP contribution in [0.15, 0.2) is 6.20 Å². The van der Waals surface area contributed by atoms with E-state index in [0.717, 1.165) is 11.3 Å². The second-order valence-electron chi connectivity index (χ2n) is 3.67. The third-order valence-electron chi connectivity index (χ3n) is 1.82. The van der Waals surface area contributed by atoms with Gasteiger partial charge in [0.25, 0.3) is 0 Å². The molecule has 0 aliphatic carbocycles. The van der Waals surface area contributed by atoms with Gasteiger partial charge in [-0.2, -0.15) is 0 Å². The van der Waals surface area contributed by atoms with Crippen LogP contribution in [-0.2, 0) is 6.54 Å². The molecule has 1 aromatic heterocycles. The fraction of sp³-hybridized carbons (Fsp3) is 0.600. The van der Waals surface area contributed by atoms with Gasteiger partial charge < -0.3 is 10.5 Å². The lowest BCUT2D eigenvalue weighted by Crippen LogP contribution is -2.09. The zero-order valence-electron chi connectivity index (χ0n) is 8.95. The molecule has 0 aromatic carbocycles. The van der Waals surface area contributed by atoms with E-state index in [1.165, 1.54) is 0 Å². The normalized spacial score (nSPS) is 10.6. The van der Waals surface area contributed by atoms with Crippen LogP contribution in [0.1, 0.15) is 25.1 Å². The zero-order chi connectivity index (χ0) is 10.6. The van der Waals surface area contributed by atoms with Gasteiger partial charge in [0, 0.05) is 24.0 Å². The smallest absolute Gasteiger partial charge is 0.316 e. The van der Waals surface area contributed by atoms with E-state index >= 15 is 0 Å². The highest BCUT2D eigenvalue weighted by molar-refractivity contribution is 5.17. The summed E-state index contributed by atoms with van der Waals surface area (Å²) in [7, 11) is 0. The Hall–Kier alpha value is -1.16. The van der Waals surface area contributed by atoms with Crippen LogP contribution in [0, 0.1) is 12.8 Å². The van der Waals surface area contributed by atoms with Gasteiger partial charge >= 0.3 is 6.01 Å². The number of hydrogen-bond acceptors (Lipinski definition) is 4. The zero-order valence-corrected chi connectivity index (χ0v) is 8.95. The molecule has 0 fully saturated rings. The summed E-state index contributed by atoms with van der Waals surface area (Å²) < 4.78 is 5.38. The molecule has 0 aliphatic heterocycles. The molecule has 1 aromatic rings. The summed E-state index contributed by atoms with van der Waals surface area (Å²) in [6.07, 6.45) is 1.72. The van der Waals surface area contributed by atoms with Gasteiger partial charge in [-0.25, -0.2) is 9.97 Å². The fourth-order valence-electron chi connectivity index (χ4n) is 0.982. The molecule has 0 aliphatic rings. The minimum Gasteiger partial charge on any atom is -0.463 e. The van der Waals surface area contributed by atoms with Crippen molar-refractivity contribution in [3.8, 4) is 6.01 Å². The van der Waals surface area contributed by atoms with E-state index in [-0.39, 0.29) is 0 Å². The second kappa shape index (κ2) is 4.91. The van der Waals surface area contributed by atoms with Crippen molar-refractivity contribution >= 4 is 0 Å². The van der Waals surface area contributed by atoms with E-state index in [1.54, 1.807) is 6.20 Å². The minimum absolute atomic E-state index is 0.438. The van der Waals surface area contributed by atoms with Crippen LogP contribution in [0.4, 0.5) is 0 Å². The number of ether oxygens (including phenoxy) is 1. The molecule has 1 heterocycles. The van der Waals surface area contributed by atoms with Crippen molar-refractivity contribution in [3.05, 3.63) is 17.5 Å². The summed E-state index contributed by atoms with van der Waals surface area (Å²) in [6.45, 7) is 7.19. The first kappa shape index (κ1) is 10.9. The second-order valence-corrected chi connectivity index (χ2v) is 3.67. The topological polar surface area (TPSA) is 61.0 Å². The monoisotopic (exact) mass is 195 g/mol. The molecular weight excluding hydrogens is 178 g/mol. The highest BCUT2D eigenvalue weighted by Crippen LogP contribution is 2.08. The van der Waals surface area contributed by atoms with Crippen LogP contribution in [0.2, 0.25) is 0 Å². The summed E-state index contributed by atoms with van der Waals surface area (Å²) in [5.74, 6) is 0.480. The Balaban J connectivity index is 2.66. The molecule has 14 heavy (non-hydrogen) atoms. The van der Waals surface area contributed by atoms with Crippen LogP contribution < -0.4 is 10.5 Å². The molecule has 2 N–H and O–H groups in total. The summed E-state index contributed by atoms with van der Waals surface area (Å²) in [5, 5.41) is 0. The molecular formula is C10H17N3O. The Morgan fingerprint density at radius 3 is 2.71 bits per heavy atom. The summed E-state index contributed by atoms with van der Waals surface area (Å²) in [5.41, 5.74) is 7.35. The maximum absolute atomic E-state index is 5.50. The number of nitrogens with zero attached hydrogens (tertiary/aromatic N) is 2. The van der Waals surface area contributed by atoms with E-state index in [2.05, 4.69) is 23.8 Å². The largest absolute Gasteiger partial charge is 0.463 e. The minimum atomic E-state index is 0.438. The first-order valence-electron chi connectivity index (χ1n) is 4.79. The molecule has 0 spiro atoms. The lowest BCUT2D eigenvalue weighted by Gasteiger charge is -2.08. The Labute approximate surface area is 84.5 Å². The molecule has 78 valence electrons. The van der Waals surface area contributed by atoms with E-state index in [9.17, 15) is 0 Å². The number of nitrogens with two attached hydrogens (primary N) is 1. The Morgan fingerprint density at radius 1 is 1.50 bits per heavy atom. The summed E-state index contributed by atoms with van der Waals surface area (Å²) >= 11 is 0. The number of hydrogen-bond donors (Lipinski definition) is 1. The predicted molar refractivity (Wildman–Crippen MR) is 55.0 cm³/mol. The maximum Gasteiger partial charge on any atom is 0.316 e. The lowest BCUT2D eigenvalue weighted by molar-refractivity contribution is 0.250. The molecule has 4 heteroatoms. The van der Waals surface area contributed by atoms with Crippen molar-refractivity contribution in [2.45, 2.75) is 27.3 Å². The van der Waals surface area contributed by atoms with Gasteiger partial charge in [0.05, 0.1) is 6.61 Å². The van der Waals surface area contributed by atoms with Crippen molar-refractivity contribution in [2.75, 3.05) is 6.61 Å². The van der Waals surface area contributed by atoms with E-state index in [0.29, 0.717) is 25.1 Å². The predicted octanol–water partition coefficient (Wildman–Crippen LogP) is 1.28. The number of aryl methyl sites for hydroxylation is 1. The SMILES string of the molecule is Cc1nc(OCC(C)C)ncc1CN. The molecule has 0 saturated heterocycles. The molecule has 4 nitrogen and oxygen atoms in total. The van der Waals surface area contributed by atoms with Gasteiger partial charge in [0.15, 0.2) is 0 Å². The van der Waals surface area contributed by atoms with Crippen LogP contribution in [0.25, 0.3) is 0 Å². The van der Waals surface area contributed by atoms with Crippen molar-refractivity contribution in [1.29, 1.82) is 0 Å². The quantitative estimate of drug-likeness (QED) is 0.786. The van der Waals surface area contributed by atoms with Crippen LogP contribution in [0.3, 0.4) is 0 Å². The lowest BCUT2D eigenvalue weighted by atomic mass is 10.2. The summed E-state index contributed by atoms with van der Waals surface area (Å²) in [4.78, 5) is 8.27. The van der Waals surface area contributed by atoms with E-state index < -0.39 is 0 Å². The van der Waals surface area contributed by atoms with Crippen molar-refractivity contribution in [1.82, 2.24) is 9.97 Å². The molecule has 0 radical (unpaired) electrons. The maximum atomic E-state index is 5.50. The number of rotatable bonds is 4. The van der Waals surface area contributed by atoms with Crippen molar-refractivity contribution in [3.63, 3.8) is 0 Å². The highest BCUT2D eigenvalue weighted by atomic mass is 16.5. The van der Waals surface area contributed by atoms with Gasteiger partial charge in [-0.3, -0.25) is 0 Å². The average Bonchev–Trinajstić information content (AvgIpc) is 2.15. The first-order valence-corrected chi connectivity index (χ1v) is 4.79. The van der Waals surface area contributed by atoms with Crippen molar-refractivity contribution < 1.29 is 4.74 Å². The molecule has 0 bridgehead atoms. The van der Waals surface area contributed by atoms with Gasteiger partial charge in [-0.05, 0) is 12.8 Å². The molecule has 1 rings (SSSR count). The number of aromatic nitrogens is 2. The Morgan fingerprint density at radius 2 is 2.21 bits per heavy atom. The van der Waals surface area contributed by atoms with Gasteiger partial charge in [0.1, 0.15) is 0 Å². The van der Waals surface area contributed by atoms with Crippen LogP contribution in [0.5, 0.6) is 6.01 Å². The fourth-order valence-corrected chi connectivity index (χ4v) is 0.982. The highest BCUT2D eigenvalue weighted by Gasteiger charge is 2.03. The van der Waals surface area contributed by atoms with E-state index in [4.69, 9.17) is 10.5 Å². The van der Waals surface area contributed by atoms with Gasteiger partial charge in [-0.15, -0.1) is 0 Å². The third kappa shape index (κ3) is 2.96.